The quantitative estimate of drug-likeness (QED) is 0.783. The number of aromatic nitrogens is 3. The van der Waals surface area contributed by atoms with E-state index in [1.54, 1.807) is 29.6 Å². The van der Waals surface area contributed by atoms with Crippen molar-refractivity contribution in [2.45, 2.75) is 6.04 Å². The van der Waals surface area contributed by atoms with Crippen LogP contribution in [0.1, 0.15) is 22.1 Å². The summed E-state index contributed by atoms with van der Waals surface area (Å²) in [7, 11) is 3.45. The summed E-state index contributed by atoms with van der Waals surface area (Å²) in [6.07, 6.45) is 1.70. The van der Waals surface area contributed by atoms with Crippen LogP contribution in [0.5, 0.6) is 0 Å². The van der Waals surface area contributed by atoms with Gasteiger partial charge < -0.3 is 10.1 Å². The molecule has 0 fully saturated rings. The number of amides is 1. The summed E-state index contributed by atoms with van der Waals surface area (Å²) >= 11 is 1.52. The Balaban J connectivity index is 1.82. The van der Waals surface area contributed by atoms with E-state index in [0.717, 1.165) is 15.9 Å². The molecule has 2 heterocycles. The van der Waals surface area contributed by atoms with Gasteiger partial charge in [0.05, 0.1) is 34.1 Å². The SMILES string of the molecule is COC[C@H](NC(=O)c1ccc2ncsc2c1)c1ccnn1C. The molecule has 7 heteroatoms. The number of aryl methyl sites for hydroxylation is 1. The molecule has 0 aliphatic carbocycles. The highest BCUT2D eigenvalue weighted by atomic mass is 32.1. The fraction of sp³-hybridized carbons (Fsp3) is 0.267. The van der Waals surface area contributed by atoms with Gasteiger partial charge in [-0.25, -0.2) is 4.98 Å². The molecule has 3 aromatic rings. The van der Waals surface area contributed by atoms with Crippen molar-refractivity contribution >= 4 is 27.5 Å². The molecule has 6 nitrogen and oxygen atoms in total. The second-order valence-corrected chi connectivity index (χ2v) is 5.78. The first-order valence-electron chi connectivity index (χ1n) is 6.80. The van der Waals surface area contributed by atoms with E-state index in [4.69, 9.17) is 4.74 Å². The number of thiazole rings is 1. The molecule has 0 radical (unpaired) electrons. The minimum atomic E-state index is -0.248. The molecule has 0 saturated heterocycles. The summed E-state index contributed by atoms with van der Waals surface area (Å²) < 4.78 is 7.94. The van der Waals surface area contributed by atoms with Crippen molar-refractivity contribution in [3.05, 3.63) is 47.2 Å². The minimum Gasteiger partial charge on any atom is -0.382 e. The fourth-order valence-corrected chi connectivity index (χ4v) is 3.05. The highest BCUT2D eigenvalue weighted by molar-refractivity contribution is 7.16. The van der Waals surface area contributed by atoms with Crippen molar-refractivity contribution in [1.29, 1.82) is 0 Å². The Hall–Kier alpha value is -2.25. The van der Waals surface area contributed by atoms with Gasteiger partial charge in [-0.2, -0.15) is 5.10 Å². The molecular weight excluding hydrogens is 300 g/mol. The average molecular weight is 316 g/mol. The van der Waals surface area contributed by atoms with Crippen molar-refractivity contribution in [2.75, 3.05) is 13.7 Å². The van der Waals surface area contributed by atoms with Crippen LogP contribution in [-0.2, 0) is 11.8 Å². The first-order valence-corrected chi connectivity index (χ1v) is 7.68. The van der Waals surface area contributed by atoms with Crippen LogP contribution in [0.4, 0.5) is 0 Å². The van der Waals surface area contributed by atoms with E-state index in [2.05, 4.69) is 15.4 Å². The maximum Gasteiger partial charge on any atom is 0.251 e. The number of rotatable bonds is 5. The van der Waals surface area contributed by atoms with Gasteiger partial charge >= 0.3 is 0 Å². The largest absolute Gasteiger partial charge is 0.382 e. The Bertz CT molecular complexity index is 796. The third kappa shape index (κ3) is 2.86. The molecule has 22 heavy (non-hydrogen) atoms. The summed E-state index contributed by atoms with van der Waals surface area (Å²) in [5.74, 6) is -0.140. The van der Waals surface area contributed by atoms with Gasteiger partial charge in [0.2, 0.25) is 0 Å². The molecule has 0 aliphatic rings. The molecule has 3 rings (SSSR count). The van der Waals surface area contributed by atoms with Crippen LogP contribution in [0.3, 0.4) is 0 Å². The molecule has 0 unspecified atom stereocenters. The standard InChI is InChI=1S/C15H16N4O2S/c1-19-13(5-6-17-19)12(8-21-2)18-15(20)10-3-4-11-14(7-10)22-9-16-11/h3-7,9,12H,8H2,1-2H3,(H,18,20)/t12-/m0/s1. The summed E-state index contributed by atoms with van der Waals surface area (Å²) in [5, 5.41) is 7.13. The molecule has 1 N–H and O–H groups in total. The number of hydrogen-bond donors (Lipinski definition) is 1. The Morgan fingerprint density at radius 2 is 2.32 bits per heavy atom. The molecule has 0 saturated carbocycles. The zero-order valence-corrected chi connectivity index (χ0v) is 13.1. The lowest BCUT2D eigenvalue weighted by Crippen LogP contribution is -2.32. The zero-order valence-electron chi connectivity index (χ0n) is 12.3. The maximum atomic E-state index is 12.5. The monoisotopic (exact) mass is 316 g/mol. The van der Waals surface area contributed by atoms with Gasteiger partial charge in [-0.05, 0) is 24.3 Å². The second-order valence-electron chi connectivity index (χ2n) is 4.90. The van der Waals surface area contributed by atoms with Crippen LogP contribution in [0.25, 0.3) is 10.2 Å². The summed E-state index contributed by atoms with van der Waals surface area (Å²) in [5.41, 5.74) is 4.19. The van der Waals surface area contributed by atoms with Gasteiger partial charge in [-0.1, -0.05) is 0 Å². The molecule has 1 amide bonds. The Labute approximate surface area is 131 Å². The molecule has 0 aliphatic heterocycles. The van der Waals surface area contributed by atoms with E-state index < -0.39 is 0 Å². The van der Waals surface area contributed by atoms with Crippen LogP contribution in [0.15, 0.2) is 36.0 Å². The topological polar surface area (TPSA) is 69.0 Å². The van der Waals surface area contributed by atoms with Crippen molar-refractivity contribution in [3.63, 3.8) is 0 Å². The lowest BCUT2D eigenvalue weighted by Gasteiger charge is -2.18. The smallest absolute Gasteiger partial charge is 0.251 e. The van der Waals surface area contributed by atoms with Crippen molar-refractivity contribution < 1.29 is 9.53 Å². The number of nitrogens with zero attached hydrogens (tertiary/aromatic N) is 3. The van der Waals surface area contributed by atoms with Gasteiger partial charge in [0, 0.05) is 25.9 Å². The van der Waals surface area contributed by atoms with Crippen LogP contribution >= 0.6 is 11.3 Å². The summed E-state index contributed by atoms with van der Waals surface area (Å²) in [6, 6.07) is 7.12. The Morgan fingerprint density at radius 1 is 1.45 bits per heavy atom. The van der Waals surface area contributed by atoms with Gasteiger partial charge in [0.25, 0.3) is 5.91 Å². The number of hydrogen-bond acceptors (Lipinski definition) is 5. The minimum absolute atomic E-state index is 0.140. The van der Waals surface area contributed by atoms with Crippen LogP contribution in [0, 0.1) is 0 Å². The summed E-state index contributed by atoms with van der Waals surface area (Å²) in [4.78, 5) is 16.7. The molecule has 1 atom stereocenters. The first-order chi connectivity index (χ1) is 10.7. The number of ether oxygens (including phenoxy) is 1. The van der Waals surface area contributed by atoms with E-state index in [0.29, 0.717) is 12.2 Å². The average Bonchev–Trinajstić information content (AvgIpc) is 3.14. The highest BCUT2D eigenvalue weighted by Gasteiger charge is 2.18. The van der Waals surface area contributed by atoms with Crippen LogP contribution < -0.4 is 5.32 Å². The number of methoxy groups -OCH3 is 1. The van der Waals surface area contributed by atoms with Crippen molar-refractivity contribution in [3.8, 4) is 0 Å². The third-order valence-electron chi connectivity index (χ3n) is 3.45. The molecule has 2 aromatic heterocycles. The maximum absolute atomic E-state index is 12.5. The van der Waals surface area contributed by atoms with Crippen LogP contribution in [-0.4, -0.2) is 34.4 Å². The first kappa shape index (κ1) is 14.7. The van der Waals surface area contributed by atoms with Crippen molar-refractivity contribution in [1.82, 2.24) is 20.1 Å². The van der Waals surface area contributed by atoms with E-state index in [1.807, 2.05) is 25.2 Å². The Morgan fingerprint density at radius 3 is 3.05 bits per heavy atom. The lowest BCUT2D eigenvalue weighted by atomic mass is 10.1. The van der Waals surface area contributed by atoms with E-state index in [-0.39, 0.29) is 11.9 Å². The normalized spacial score (nSPS) is 12.5. The van der Waals surface area contributed by atoms with Crippen molar-refractivity contribution in [2.24, 2.45) is 7.05 Å². The summed E-state index contributed by atoms with van der Waals surface area (Å²) in [6.45, 7) is 0.383. The molecule has 0 bridgehead atoms. The van der Waals surface area contributed by atoms with Gasteiger partial charge in [0.1, 0.15) is 0 Å². The second kappa shape index (κ2) is 6.25. The van der Waals surface area contributed by atoms with Gasteiger partial charge in [-0.3, -0.25) is 9.48 Å². The molecule has 1 aromatic carbocycles. The zero-order chi connectivity index (χ0) is 15.5. The molecule has 114 valence electrons. The predicted octanol–water partition coefficient (Wildman–Crippen LogP) is 2.15. The van der Waals surface area contributed by atoms with Gasteiger partial charge in [0.15, 0.2) is 0 Å². The highest BCUT2D eigenvalue weighted by Crippen LogP contribution is 2.20. The van der Waals surface area contributed by atoms with E-state index >= 15 is 0 Å². The number of benzene rings is 1. The van der Waals surface area contributed by atoms with Gasteiger partial charge in [-0.15, -0.1) is 11.3 Å². The molecular formula is C15H16N4O2S. The lowest BCUT2D eigenvalue weighted by molar-refractivity contribution is 0.0892. The predicted molar refractivity (Wildman–Crippen MR) is 84.9 cm³/mol. The van der Waals surface area contributed by atoms with E-state index in [9.17, 15) is 4.79 Å². The fourth-order valence-electron chi connectivity index (χ4n) is 2.33. The molecule has 0 spiro atoms. The van der Waals surface area contributed by atoms with E-state index in [1.165, 1.54) is 11.3 Å². The van der Waals surface area contributed by atoms with Crippen LogP contribution in [0.2, 0.25) is 0 Å². The number of nitrogens with one attached hydrogen (secondary N) is 1. The number of fused-ring (bicyclic) bond motifs is 1. The Kier molecular flexibility index (Phi) is 4.17. The third-order valence-corrected chi connectivity index (χ3v) is 4.24. The number of carbonyl (C=O) groups is 1. The number of carbonyl (C=O) groups excluding carboxylic acids is 1.